The number of nitrogens with zero attached hydrogens (tertiary/aromatic N) is 6. The molecular formula is C32H39ClN6O4. The van der Waals surface area contributed by atoms with Crippen LogP contribution in [0.15, 0.2) is 42.5 Å². The maximum absolute atomic E-state index is 13.5. The summed E-state index contributed by atoms with van der Waals surface area (Å²) in [5, 5.41) is 4.91. The van der Waals surface area contributed by atoms with E-state index in [1.165, 1.54) is 4.90 Å². The maximum Gasteiger partial charge on any atom is 0.312 e. The van der Waals surface area contributed by atoms with Gasteiger partial charge in [-0.1, -0.05) is 35.4 Å². The summed E-state index contributed by atoms with van der Waals surface area (Å²) in [7, 11) is 3.46. The van der Waals surface area contributed by atoms with Gasteiger partial charge >= 0.3 is 11.8 Å². The zero-order chi connectivity index (χ0) is 30.8. The van der Waals surface area contributed by atoms with Crippen molar-refractivity contribution in [3.8, 4) is 11.5 Å². The number of aryl methyl sites for hydroxylation is 4. The molecule has 5 rings (SSSR count). The number of carbonyl (C=O) groups is 3. The van der Waals surface area contributed by atoms with E-state index >= 15 is 0 Å². The molecule has 0 radical (unpaired) electrons. The highest BCUT2D eigenvalue weighted by Crippen LogP contribution is 2.32. The number of halogens is 1. The van der Waals surface area contributed by atoms with Crippen molar-refractivity contribution in [1.82, 2.24) is 24.5 Å². The van der Waals surface area contributed by atoms with Crippen molar-refractivity contribution >= 4 is 35.1 Å². The molecule has 0 saturated carbocycles. The lowest BCUT2D eigenvalue weighted by Crippen LogP contribution is -2.59. The van der Waals surface area contributed by atoms with Gasteiger partial charge < -0.3 is 14.5 Å². The van der Waals surface area contributed by atoms with E-state index in [1.54, 1.807) is 28.8 Å². The molecule has 228 valence electrons. The fraction of sp³-hybridized carbons (Fsp3) is 0.438. The zero-order valence-electron chi connectivity index (χ0n) is 25.5. The lowest BCUT2D eigenvalue weighted by Gasteiger charge is -2.42. The van der Waals surface area contributed by atoms with Gasteiger partial charge in [0.25, 0.3) is 0 Å². The van der Waals surface area contributed by atoms with E-state index in [0.29, 0.717) is 49.2 Å². The molecule has 11 heteroatoms. The number of hydrogen-bond donors (Lipinski definition) is 0. The number of rotatable bonds is 6. The molecule has 2 aromatic carbocycles. The molecule has 1 unspecified atom stereocenters. The van der Waals surface area contributed by atoms with E-state index < -0.39 is 11.8 Å². The molecule has 3 amide bonds. The Morgan fingerprint density at radius 2 is 1.74 bits per heavy atom. The highest BCUT2D eigenvalue weighted by molar-refractivity contribution is 6.34. The van der Waals surface area contributed by atoms with Crippen LogP contribution in [0.1, 0.15) is 35.2 Å². The van der Waals surface area contributed by atoms with Gasteiger partial charge in [0.15, 0.2) is 0 Å². The summed E-state index contributed by atoms with van der Waals surface area (Å²) in [5.74, 6) is 0.964. The predicted octanol–water partition coefficient (Wildman–Crippen LogP) is 4.09. The number of ether oxygens (including phenoxy) is 1. The molecule has 10 nitrogen and oxygen atoms in total. The first-order valence-electron chi connectivity index (χ1n) is 14.7. The summed E-state index contributed by atoms with van der Waals surface area (Å²) < 4.78 is 7.94. The van der Waals surface area contributed by atoms with Crippen molar-refractivity contribution in [1.29, 1.82) is 0 Å². The van der Waals surface area contributed by atoms with Gasteiger partial charge in [-0.3, -0.25) is 28.9 Å². The largest absolute Gasteiger partial charge is 0.457 e. The van der Waals surface area contributed by atoms with Crippen LogP contribution < -0.4 is 9.64 Å². The SMILES string of the molecule is Cc1ccc(Oc2cc(Cl)ccc2CN(C)C(=O)C(=O)N2CCN(C3CCCN(c4cc(C)nn4C)C3=O)CC2)c(C)c1. The smallest absolute Gasteiger partial charge is 0.312 e. The molecule has 2 aliphatic rings. The Labute approximate surface area is 257 Å². The highest BCUT2D eigenvalue weighted by atomic mass is 35.5. The van der Waals surface area contributed by atoms with Crippen molar-refractivity contribution in [2.24, 2.45) is 7.05 Å². The van der Waals surface area contributed by atoms with Crippen molar-refractivity contribution < 1.29 is 19.1 Å². The quantitative estimate of drug-likeness (QED) is 0.393. The second kappa shape index (κ2) is 12.8. The molecule has 2 fully saturated rings. The third-order valence-corrected chi connectivity index (χ3v) is 8.46. The van der Waals surface area contributed by atoms with E-state index in [9.17, 15) is 14.4 Å². The van der Waals surface area contributed by atoms with Crippen LogP contribution in [0.25, 0.3) is 0 Å². The first-order valence-corrected chi connectivity index (χ1v) is 15.0. The lowest BCUT2D eigenvalue weighted by atomic mass is 10.0. The molecule has 0 bridgehead atoms. The van der Waals surface area contributed by atoms with Gasteiger partial charge in [-0.15, -0.1) is 0 Å². The minimum Gasteiger partial charge on any atom is -0.457 e. The average molecular weight is 607 g/mol. The van der Waals surface area contributed by atoms with Crippen molar-refractivity contribution in [3.05, 3.63) is 69.9 Å². The summed E-state index contributed by atoms with van der Waals surface area (Å²) in [6, 6.07) is 12.9. The van der Waals surface area contributed by atoms with E-state index in [0.717, 1.165) is 41.0 Å². The Balaban J connectivity index is 1.19. The van der Waals surface area contributed by atoms with E-state index in [2.05, 4.69) is 10.00 Å². The number of aromatic nitrogens is 2. The molecule has 1 atom stereocenters. The predicted molar refractivity (Wildman–Crippen MR) is 165 cm³/mol. The first kappa shape index (κ1) is 30.6. The van der Waals surface area contributed by atoms with Crippen LogP contribution in [0.2, 0.25) is 5.02 Å². The fourth-order valence-electron chi connectivity index (χ4n) is 5.92. The first-order chi connectivity index (χ1) is 20.5. The summed E-state index contributed by atoms with van der Waals surface area (Å²) in [5.41, 5.74) is 3.73. The minimum absolute atomic E-state index is 0.0617. The third-order valence-electron chi connectivity index (χ3n) is 8.22. The van der Waals surface area contributed by atoms with Gasteiger partial charge in [0.2, 0.25) is 5.91 Å². The van der Waals surface area contributed by atoms with Crippen molar-refractivity contribution in [3.63, 3.8) is 0 Å². The molecule has 3 aromatic rings. The topological polar surface area (TPSA) is 91.2 Å². The minimum atomic E-state index is -0.590. The Hall–Kier alpha value is -3.89. The summed E-state index contributed by atoms with van der Waals surface area (Å²) in [6.07, 6.45) is 1.67. The van der Waals surface area contributed by atoms with Gasteiger partial charge in [-0.2, -0.15) is 5.10 Å². The van der Waals surface area contributed by atoms with Gasteiger partial charge in [-0.05, 0) is 57.4 Å². The van der Waals surface area contributed by atoms with Crippen LogP contribution in [0.3, 0.4) is 0 Å². The summed E-state index contributed by atoms with van der Waals surface area (Å²) in [6.45, 7) is 8.59. The molecule has 3 heterocycles. The Morgan fingerprint density at radius 3 is 2.42 bits per heavy atom. The number of piperidine rings is 1. The van der Waals surface area contributed by atoms with Gasteiger partial charge in [-0.25, -0.2) is 0 Å². The van der Waals surface area contributed by atoms with Gasteiger partial charge in [0, 0.05) is 70.0 Å². The van der Waals surface area contributed by atoms with E-state index in [1.807, 2.05) is 63.1 Å². The summed E-state index contributed by atoms with van der Waals surface area (Å²) >= 11 is 6.27. The van der Waals surface area contributed by atoms with Crippen molar-refractivity contribution in [2.45, 2.75) is 46.2 Å². The molecule has 0 aliphatic carbocycles. The van der Waals surface area contributed by atoms with Gasteiger partial charge in [0.05, 0.1) is 11.7 Å². The lowest BCUT2D eigenvalue weighted by molar-refractivity contribution is -0.152. The maximum atomic E-state index is 13.5. The zero-order valence-corrected chi connectivity index (χ0v) is 26.2. The number of carbonyl (C=O) groups excluding carboxylic acids is 3. The molecule has 2 saturated heterocycles. The number of anilines is 1. The molecule has 2 aliphatic heterocycles. The standard InChI is InChI=1S/C32H39ClN6O4/c1-21-8-11-27(22(2)17-21)43-28-19-25(33)10-9-24(28)20-35(4)31(41)32(42)38-15-13-37(14-16-38)26-7-6-12-39(30(26)40)29-18-23(3)34-36(29)5/h8-11,17-19,26H,6-7,12-16,20H2,1-5H3. The highest BCUT2D eigenvalue weighted by Gasteiger charge is 2.38. The normalized spacial score (nSPS) is 17.7. The van der Waals surface area contributed by atoms with Crippen LogP contribution in [0.5, 0.6) is 11.5 Å². The van der Waals surface area contributed by atoms with Crippen molar-refractivity contribution in [2.75, 3.05) is 44.7 Å². The van der Waals surface area contributed by atoms with Crippen LogP contribution in [0.4, 0.5) is 5.82 Å². The summed E-state index contributed by atoms with van der Waals surface area (Å²) in [4.78, 5) is 46.9. The van der Waals surface area contributed by atoms with Crippen LogP contribution in [0, 0.1) is 20.8 Å². The number of piperazine rings is 1. The number of amides is 3. The second-order valence-corrected chi connectivity index (χ2v) is 12.0. The molecule has 43 heavy (non-hydrogen) atoms. The average Bonchev–Trinajstić information content (AvgIpc) is 3.32. The molecule has 0 N–H and O–H groups in total. The van der Waals surface area contributed by atoms with Crippen LogP contribution in [-0.4, -0.2) is 88.0 Å². The fourth-order valence-corrected chi connectivity index (χ4v) is 6.08. The Kier molecular flexibility index (Phi) is 9.08. The molecular weight excluding hydrogens is 568 g/mol. The number of benzene rings is 2. The third kappa shape index (κ3) is 6.70. The van der Waals surface area contributed by atoms with Crippen LogP contribution in [-0.2, 0) is 28.0 Å². The second-order valence-electron chi connectivity index (χ2n) is 11.5. The van der Waals surface area contributed by atoms with E-state index in [-0.39, 0.29) is 18.5 Å². The number of likely N-dealkylation sites (N-methyl/N-ethyl adjacent to an activating group) is 1. The Morgan fingerprint density at radius 1 is 1.00 bits per heavy atom. The monoisotopic (exact) mass is 606 g/mol. The van der Waals surface area contributed by atoms with E-state index in [4.69, 9.17) is 16.3 Å². The number of hydrogen-bond acceptors (Lipinski definition) is 6. The van der Waals surface area contributed by atoms with Crippen LogP contribution >= 0.6 is 11.6 Å². The molecule has 0 spiro atoms. The van der Waals surface area contributed by atoms with Gasteiger partial charge in [0.1, 0.15) is 17.3 Å². The molecule has 1 aromatic heterocycles. The Bertz CT molecular complexity index is 1530.